The van der Waals surface area contributed by atoms with Gasteiger partial charge in [0.15, 0.2) is 0 Å². The average Bonchev–Trinajstić information content (AvgIpc) is 2.47. The fourth-order valence-electron chi connectivity index (χ4n) is 2.46. The molecule has 3 rings (SSSR count). The summed E-state index contributed by atoms with van der Waals surface area (Å²) >= 11 is 0. The van der Waals surface area contributed by atoms with Crippen molar-refractivity contribution in [2.24, 2.45) is 5.92 Å². The molecule has 4 nitrogen and oxygen atoms in total. The van der Waals surface area contributed by atoms with Crippen molar-refractivity contribution in [1.82, 2.24) is 4.31 Å². The molecule has 1 saturated heterocycles. The Kier molecular flexibility index (Phi) is 3.72. The maximum Gasteiger partial charge on any atom is 0.336 e. The number of nitrogens with zero attached hydrogens (tertiary/aromatic N) is 1. The minimum atomic E-state index is -1.13. The Bertz CT molecular complexity index is 702. The maximum atomic E-state index is 12.6. The molecule has 5 heteroatoms. The molecule has 2 heterocycles. The van der Waals surface area contributed by atoms with Gasteiger partial charge in [0, 0.05) is 24.5 Å². The molecule has 0 N–H and O–H groups in total. The predicted octanol–water partition coefficient (Wildman–Crippen LogP) is 2.55. The quantitative estimate of drug-likeness (QED) is 0.799. The van der Waals surface area contributed by atoms with Gasteiger partial charge in [0.2, 0.25) is 0 Å². The molecule has 106 valence electrons. The molecule has 0 saturated carbocycles. The van der Waals surface area contributed by atoms with E-state index in [-0.39, 0.29) is 5.63 Å². The molecule has 0 bridgehead atoms. The van der Waals surface area contributed by atoms with Gasteiger partial charge in [-0.25, -0.2) is 13.3 Å². The maximum absolute atomic E-state index is 12.6. The molecule has 20 heavy (non-hydrogen) atoms. The van der Waals surface area contributed by atoms with Crippen LogP contribution in [0.3, 0.4) is 0 Å². The van der Waals surface area contributed by atoms with Gasteiger partial charge < -0.3 is 4.42 Å². The van der Waals surface area contributed by atoms with Crippen molar-refractivity contribution in [2.45, 2.75) is 24.7 Å². The SMILES string of the molecule is CC1CCN(S(=O)c2ccc3oc(=O)ccc3c2)CC1. The Hall–Kier alpha value is -1.46. The molecule has 1 aromatic heterocycles. The summed E-state index contributed by atoms with van der Waals surface area (Å²) in [6.07, 6.45) is 2.18. The van der Waals surface area contributed by atoms with Gasteiger partial charge in [0.1, 0.15) is 16.6 Å². The summed E-state index contributed by atoms with van der Waals surface area (Å²) in [6, 6.07) is 8.43. The van der Waals surface area contributed by atoms with Gasteiger partial charge in [-0.05, 0) is 43.0 Å². The van der Waals surface area contributed by atoms with E-state index in [0.717, 1.165) is 36.2 Å². The van der Waals surface area contributed by atoms with Gasteiger partial charge in [-0.15, -0.1) is 0 Å². The van der Waals surface area contributed by atoms with E-state index in [1.165, 1.54) is 6.07 Å². The minimum Gasteiger partial charge on any atom is -0.423 e. The first kappa shape index (κ1) is 13.5. The lowest BCUT2D eigenvalue weighted by atomic mass is 10.0. The van der Waals surface area contributed by atoms with E-state index in [9.17, 15) is 9.00 Å². The van der Waals surface area contributed by atoms with Crippen molar-refractivity contribution < 1.29 is 8.63 Å². The Morgan fingerprint density at radius 3 is 2.70 bits per heavy atom. The molecule has 0 aliphatic carbocycles. The highest BCUT2D eigenvalue weighted by molar-refractivity contribution is 7.82. The van der Waals surface area contributed by atoms with E-state index in [1.807, 2.05) is 10.4 Å². The van der Waals surface area contributed by atoms with Crippen molar-refractivity contribution in [2.75, 3.05) is 13.1 Å². The van der Waals surface area contributed by atoms with Gasteiger partial charge in [0.05, 0.1) is 4.90 Å². The topological polar surface area (TPSA) is 50.5 Å². The average molecular weight is 291 g/mol. The van der Waals surface area contributed by atoms with Crippen LogP contribution in [0, 0.1) is 5.92 Å². The lowest BCUT2D eigenvalue weighted by molar-refractivity contribution is 0.299. The van der Waals surface area contributed by atoms with Crippen LogP contribution in [0.15, 0.2) is 44.4 Å². The molecular formula is C15H17NO3S. The molecule has 1 aromatic carbocycles. The van der Waals surface area contributed by atoms with E-state index in [4.69, 9.17) is 4.42 Å². The monoisotopic (exact) mass is 291 g/mol. The van der Waals surface area contributed by atoms with Crippen LogP contribution in [0.4, 0.5) is 0 Å². The van der Waals surface area contributed by atoms with Crippen LogP contribution in [-0.4, -0.2) is 21.6 Å². The zero-order valence-electron chi connectivity index (χ0n) is 11.4. The Balaban J connectivity index is 1.88. The molecule has 1 fully saturated rings. The molecule has 0 amide bonds. The number of fused-ring (bicyclic) bond motifs is 1. The zero-order chi connectivity index (χ0) is 14.1. The summed E-state index contributed by atoms with van der Waals surface area (Å²) in [7, 11) is -1.13. The second-order valence-electron chi connectivity index (χ2n) is 5.31. The van der Waals surface area contributed by atoms with E-state index in [1.54, 1.807) is 18.2 Å². The Morgan fingerprint density at radius 2 is 1.95 bits per heavy atom. The first-order valence-electron chi connectivity index (χ1n) is 6.84. The number of piperidine rings is 1. The number of benzene rings is 1. The highest BCUT2D eigenvalue weighted by Crippen LogP contribution is 2.23. The van der Waals surface area contributed by atoms with E-state index < -0.39 is 11.0 Å². The van der Waals surface area contributed by atoms with Crippen LogP contribution >= 0.6 is 0 Å². The van der Waals surface area contributed by atoms with Crippen molar-refractivity contribution >= 4 is 22.0 Å². The van der Waals surface area contributed by atoms with Crippen LogP contribution < -0.4 is 5.63 Å². The van der Waals surface area contributed by atoms with Gasteiger partial charge >= 0.3 is 5.63 Å². The fraction of sp³-hybridized carbons (Fsp3) is 0.400. The first-order valence-corrected chi connectivity index (χ1v) is 7.95. The molecule has 2 aromatic rings. The zero-order valence-corrected chi connectivity index (χ0v) is 12.2. The molecular weight excluding hydrogens is 274 g/mol. The van der Waals surface area contributed by atoms with E-state index in [2.05, 4.69) is 6.92 Å². The van der Waals surface area contributed by atoms with Gasteiger partial charge in [-0.2, -0.15) is 0 Å². The lowest BCUT2D eigenvalue weighted by Crippen LogP contribution is -2.34. The van der Waals surface area contributed by atoms with Crippen molar-refractivity contribution in [3.63, 3.8) is 0 Å². The minimum absolute atomic E-state index is 0.364. The second-order valence-corrected chi connectivity index (χ2v) is 6.80. The third-order valence-corrected chi connectivity index (χ3v) is 5.26. The first-order chi connectivity index (χ1) is 9.63. The second kappa shape index (κ2) is 5.50. The van der Waals surface area contributed by atoms with E-state index >= 15 is 0 Å². The van der Waals surface area contributed by atoms with Crippen LogP contribution in [0.2, 0.25) is 0 Å². The summed E-state index contributed by atoms with van der Waals surface area (Å²) in [5.41, 5.74) is 0.168. The number of hydrogen-bond acceptors (Lipinski definition) is 3. The Labute approximate surface area is 120 Å². The van der Waals surface area contributed by atoms with Crippen LogP contribution in [-0.2, 0) is 11.0 Å². The molecule has 0 spiro atoms. The van der Waals surface area contributed by atoms with Crippen LogP contribution in [0.25, 0.3) is 11.0 Å². The molecule has 1 atom stereocenters. The Morgan fingerprint density at radius 1 is 1.20 bits per heavy atom. The van der Waals surface area contributed by atoms with Gasteiger partial charge in [-0.3, -0.25) is 0 Å². The van der Waals surface area contributed by atoms with Gasteiger partial charge in [-0.1, -0.05) is 6.92 Å². The van der Waals surface area contributed by atoms with Crippen molar-refractivity contribution in [3.8, 4) is 0 Å². The predicted molar refractivity (Wildman–Crippen MR) is 78.9 cm³/mol. The largest absolute Gasteiger partial charge is 0.423 e. The third-order valence-electron chi connectivity index (χ3n) is 3.77. The molecule has 0 radical (unpaired) electrons. The molecule has 1 unspecified atom stereocenters. The highest BCUT2D eigenvalue weighted by atomic mass is 32.2. The smallest absolute Gasteiger partial charge is 0.336 e. The van der Waals surface area contributed by atoms with Crippen LogP contribution in [0.5, 0.6) is 0 Å². The number of rotatable bonds is 2. The normalized spacial score (nSPS) is 19.2. The summed E-state index contributed by atoms with van der Waals surface area (Å²) in [5.74, 6) is 0.717. The number of hydrogen-bond donors (Lipinski definition) is 0. The van der Waals surface area contributed by atoms with Crippen molar-refractivity contribution in [1.29, 1.82) is 0 Å². The standard InChI is InChI=1S/C15H17NO3S/c1-11-6-8-16(9-7-11)20(18)13-3-4-14-12(10-13)2-5-15(17)19-14/h2-5,10-11H,6-9H2,1H3. The van der Waals surface area contributed by atoms with Crippen molar-refractivity contribution in [3.05, 3.63) is 40.8 Å². The lowest BCUT2D eigenvalue weighted by Gasteiger charge is -2.28. The summed E-state index contributed by atoms with van der Waals surface area (Å²) in [6.45, 7) is 3.98. The molecule has 1 aliphatic rings. The fourth-order valence-corrected chi connectivity index (χ4v) is 3.71. The van der Waals surface area contributed by atoms with E-state index in [0.29, 0.717) is 11.5 Å². The van der Waals surface area contributed by atoms with Gasteiger partial charge in [0.25, 0.3) is 0 Å². The highest BCUT2D eigenvalue weighted by Gasteiger charge is 2.21. The summed E-state index contributed by atoms with van der Waals surface area (Å²) in [5, 5.41) is 0.806. The summed E-state index contributed by atoms with van der Waals surface area (Å²) in [4.78, 5) is 11.9. The molecule has 1 aliphatic heterocycles. The van der Waals surface area contributed by atoms with Crippen LogP contribution in [0.1, 0.15) is 19.8 Å². The summed E-state index contributed by atoms with van der Waals surface area (Å²) < 4.78 is 19.7. The third kappa shape index (κ3) is 2.69.